The number of rotatable bonds is 6. The van der Waals surface area contributed by atoms with Crippen LogP contribution in [0.3, 0.4) is 0 Å². The molecule has 25 heavy (non-hydrogen) atoms. The van der Waals surface area contributed by atoms with Gasteiger partial charge >= 0.3 is 0 Å². The Balaban J connectivity index is 2.18. The molecule has 0 spiro atoms. The summed E-state index contributed by atoms with van der Waals surface area (Å²) in [5.74, 6) is -1.08. The fraction of sp³-hybridized carbons (Fsp3) is 0.375. The summed E-state index contributed by atoms with van der Waals surface area (Å²) in [4.78, 5) is 12.3. The molecule has 2 rings (SSSR count). The summed E-state index contributed by atoms with van der Waals surface area (Å²) in [6.45, 7) is 5.00. The van der Waals surface area contributed by atoms with E-state index in [1.54, 1.807) is 6.92 Å². The van der Waals surface area contributed by atoms with Gasteiger partial charge in [-0.15, -0.1) is 0 Å². The molecule has 7 nitrogen and oxygen atoms in total. The topological polar surface area (TPSA) is 95.2 Å². The minimum absolute atomic E-state index is 0.0981. The number of hydrogen-bond donors (Lipinski definition) is 2. The van der Waals surface area contributed by atoms with E-state index in [4.69, 9.17) is 0 Å². The van der Waals surface area contributed by atoms with Crippen molar-refractivity contribution in [3.8, 4) is 0 Å². The van der Waals surface area contributed by atoms with E-state index in [0.717, 1.165) is 33.6 Å². The zero-order valence-corrected chi connectivity index (χ0v) is 15.3. The van der Waals surface area contributed by atoms with E-state index in [1.807, 2.05) is 13.8 Å². The molecule has 0 fully saturated rings. The fourth-order valence-electron chi connectivity index (χ4n) is 2.72. The van der Waals surface area contributed by atoms with Gasteiger partial charge in [0.25, 0.3) is 0 Å². The average Bonchev–Trinajstić information content (AvgIpc) is 2.82. The number of H-pyrrole nitrogens is 1. The number of carbonyl (C=O) groups is 1. The molecule has 9 heteroatoms. The van der Waals surface area contributed by atoms with Crippen LogP contribution in [0.25, 0.3) is 0 Å². The molecule has 1 atom stereocenters. The van der Waals surface area contributed by atoms with E-state index in [-0.39, 0.29) is 11.7 Å². The van der Waals surface area contributed by atoms with Crippen LogP contribution in [0.2, 0.25) is 0 Å². The number of nitrogens with zero attached hydrogens (tertiary/aromatic N) is 2. The summed E-state index contributed by atoms with van der Waals surface area (Å²) in [7, 11) is -3.75. The number of benzene rings is 1. The maximum Gasteiger partial charge on any atom is 0.241 e. The van der Waals surface area contributed by atoms with Crippen LogP contribution < -0.4 is 9.62 Å². The summed E-state index contributed by atoms with van der Waals surface area (Å²) in [5, 5.41) is 9.67. The summed E-state index contributed by atoms with van der Waals surface area (Å²) in [6.07, 6.45) is 0.971. The fourth-order valence-corrected chi connectivity index (χ4v) is 3.57. The van der Waals surface area contributed by atoms with Gasteiger partial charge in [0.05, 0.1) is 23.7 Å². The highest BCUT2D eigenvalue weighted by atomic mass is 32.2. The Labute approximate surface area is 146 Å². The van der Waals surface area contributed by atoms with Crippen LogP contribution >= 0.6 is 0 Å². The number of aromatic amines is 1. The molecular weight excluding hydrogens is 347 g/mol. The molecule has 136 valence electrons. The monoisotopic (exact) mass is 368 g/mol. The molecule has 0 aliphatic heterocycles. The van der Waals surface area contributed by atoms with E-state index in [1.165, 1.54) is 18.2 Å². The highest BCUT2D eigenvalue weighted by Crippen LogP contribution is 2.20. The SMILES string of the molecule is Cc1n[nH]c(C)c1[C@H](C)NC(=O)CN(c1cccc(F)c1)S(C)(=O)=O. The first-order valence-corrected chi connectivity index (χ1v) is 9.48. The number of hydrogen-bond acceptors (Lipinski definition) is 4. The Morgan fingerprint density at radius 2 is 2.08 bits per heavy atom. The third-order valence-electron chi connectivity index (χ3n) is 3.78. The van der Waals surface area contributed by atoms with Crippen molar-refractivity contribution in [2.24, 2.45) is 0 Å². The quantitative estimate of drug-likeness (QED) is 0.813. The molecule has 0 bridgehead atoms. The normalized spacial score (nSPS) is 12.7. The molecule has 2 aromatic rings. The number of sulfonamides is 1. The number of carbonyl (C=O) groups excluding carboxylic acids is 1. The lowest BCUT2D eigenvalue weighted by molar-refractivity contribution is -0.120. The predicted octanol–water partition coefficient (Wildman–Crippen LogP) is 1.81. The van der Waals surface area contributed by atoms with Crippen molar-refractivity contribution in [3.63, 3.8) is 0 Å². The maximum atomic E-state index is 13.4. The Morgan fingerprint density at radius 1 is 1.40 bits per heavy atom. The van der Waals surface area contributed by atoms with Gasteiger partial charge in [0, 0.05) is 11.3 Å². The third-order valence-corrected chi connectivity index (χ3v) is 4.92. The van der Waals surface area contributed by atoms with E-state index >= 15 is 0 Å². The Morgan fingerprint density at radius 3 is 2.60 bits per heavy atom. The minimum atomic E-state index is -3.75. The molecular formula is C16H21FN4O3S. The number of nitrogens with one attached hydrogen (secondary N) is 2. The van der Waals surface area contributed by atoms with Crippen molar-refractivity contribution in [2.75, 3.05) is 17.1 Å². The lowest BCUT2D eigenvalue weighted by atomic mass is 10.1. The van der Waals surface area contributed by atoms with Gasteiger partial charge in [0.2, 0.25) is 15.9 Å². The van der Waals surface area contributed by atoms with Crippen LogP contribution in [0.5, 0.6) is 0 Å². The molecule has 1 heterocycles. The first-order valence-electron chi connectivity index (χ1n) is 7.63. The number of aryl methyl sites for hydroxylation is 2. The van der Waals surface area contributed by atoms with Gasteiger partial charge in [0.15, 0.2) is 0 Å². The van der Waals surface area contributed by atoms with Crippen LogP contribution in [0.15, 0.2) is 24.3 Å². The lowest BCUT2D eigenvalue weighted by Gasteiger charge is -2.23. The van der Waals surface area contributed by atoms with E-state index in [0.29, 0.717) is 0 Å². The van der Waals surface area contributed by atoms with Crippen LogP contribution in [-0.2, 0) is 14.8 Å². The molecule has 0 unspecified atom stereocenters. The first kappa shape index (κ1) is 18.9. The Bertz CT molecular complexity index is 860. The van der Waals surface area contributed by atoms with Gasteiger partial charge in [-0.25, -0.2) is 12.8 Å². The Kier molecular flexibility index (Phi) is 5.46. The number of anilines is 1. The average molecular weight is 368 g/mol. The van der Waals surface area contributed by atoms with Gasteiger partial charge in [-0.05, 0) is 39.0 Å². The van der Waals surface area contributed by atoms with Crippen LogP contribution in [0.1, 0.15) is 29.9 Å². The predicted molar refractivity (Wildman–Crippen MR) is 93.2 cm³/mol. The van der Waals surface area contributed by atoms with E-state index in [2.05, 4.69) is 15.5 Å². The van der Waals surface area contributed by atoms with Crippen molar-refractivity contribution in [2.45, 2.75) is 26.8 Å². The molecule has 0 aliphatic carbocycles. The molecule has 1 aromatic carbocycles. The summed E-state index contributed by atoms with van der Waals surface area (Å²) >= 11 is 0. The summed E-state index contributed by atoms with van der Waals surface area (Å²) in [6, 6.07) is 4.76. The molecule has 0 aliphatic rings. The van der Waals surface area contributed by atoms with Crippen molar-refractivity contribution >= 4 is 21.6 Å². The second-order valence-electron chi connectivity index (χ2n) is 5.89. The molecule has 1 amide bonds. The number of amides is 1. The van der Waals surface area contributed by atoms with Crippen molar-refractivity contribution in [1.82, 2.24) is 15.5 Å². The van der Waals surface area contributed by atoms with Gasteiger partial charge < -0.3 is 5.32 Å². The number of halogens is 1. The van der Waals surface area contributed by atoms with Gasteiger partial charge in [-0.1, -0.05) is 6.07 Å². The van der Waals surface area contributed by atoms with Crippen LogP contribution in [-0.4, -0.2) is 37.3 Å². The highest BCUT2D eigenvalue weighted by molar-refractivity contribution is 7.92. The standard InChI is InChI=1S/C16H21FN4O3S/c1-10(16-11(2)19-20-12(16)3)18-15(22)9-21(25(4,23)24)14-7-5-6-13(17)8-14/h5-8,10H,9H2,1-4H3,(H,18,22)(H,19,20)/t10-/m0/s1. The largest absolute Gasteiger partial charge is 0.348 e. The maximum absolute atomic E-state index is 13.4. The van der Waals surface area contributed by atoms with Crippen molar-refractivity contribution in [1.29, 1.82) is 0 Å². The van der Waals surface area contributed by atoms with Crippen LogP contribution in [0.4, 0.5) is 10.1 Å². The molecule has 1 aromatic heterocycles. The smallest absolute Gasteiger partial charge is 0.241 e. The van der Waals surface area contributed by atoms with E-state index in [9.17, 15) is 17.6 Å². The summed E-state index contributed by atoms with van der Waals surface area (Å²) < 4.78 is 38.3. The zero-order valence-electron chi connectivity index (χ0n) is 14.5. The Hall–Kier alpha value is -2.42. The third kappa shape index (κ3) is 4.56. The van der Waals surface area contributed by atoms with Gasteiger partial charge in [-0.2, -0.15) is 5.10 Å². The second kappa shape index (κ2) is 7.22. The van der Waals surface area contributed by atoms with Gasteiger partial charge in [-0.3, -0.25) is 14.2 Å². The summed E-state index contributed by atoms with van der Waals surface area (Å²) in [5.41, 5.74) is 2.54. The zero-order chi connectivity index (χ0) is 18.8. The second-order valence-corrected chi connectivity index (χ2v) is 7.79. The lowest BCUT2D eigenvalue weighted by Crippen LogP contribution is -2.41. The molecule has 2 N–H and O–H groups in total. The van der Waals surface area contributed by atoms with E-state index < -0.39 is 28.3 Å². The van der Waals surface area contributed by atoms with Crippen molar-refractivity contribution < 1.29 is 17.6 Å². The molecule has 0 saturated carbocycles. The molecule has 0 radical (unpaired) electrons. The number of aromatic nitrogens is 2. The van der Waals surface area contributed by atoms with Crippen LogP contribution in [0, 0.1) is 19.7 Å². The minimum Gasteiger partial charge on any atom is -0.348 e. The molecule has 0 saturated heterocycles. The van der Waals surface area contributed by atoms with Crippen molar-refractivity contribution in [3.05, 3.63) is 47.0 Å². The van der Waals surface area contributed by atoms with Gasteiger partial charge in [0.1, 0.15) is 12.4 Å². The first-order chi connectivity index (χ1) is 11.6. The highest BCUT2D eigenvalue weighted by Gasteiger charge is 2.23.